The average molecular weight is 784 g/mol. The zero-order valence-electron chi connectivity index (χ0n) is 36.8. The van der Waals surface area contributed by atoms with Gasteiger partial charge in [0.15, 0.2) is 0 Å². The van der Waals surface area contributed by atoms with Crippen LogP contribution in [-0.4, -0.2) is 46.9 Å². The van der Waals surface area contributed by atoms with Gasteiger partial charge in [0, 0.05) is 6.42 Å². The molecular formula is C50H89NO5. The lowest BCUT2D eigenvalue weighted by Crippen LogP contribution is -2.46. The summed E-state index contributed by atoms with van der Waals surface area (Å²) in [4.78, 5) is 26.0. The maximum Gasteiger partial charge on any atom is 0.306 e. The van der Waals surface area contributed by atoms with Crippen molar-refractivity contribution in [3.63, 3.8) is 0 Å². The molecule has 0 bridgehead atoms. The summed E-state index contributed by atoms with van der Waals surface area (Å²) in [6.07, 6.45) is 52.9. The van der Waals surface area contributed by atoms with Crippen LogP contribution in [0.15, 0.2) is 60.8 Å². The third-order valence-corrected chi connectivity index (χ3v) is 10.3. The minimum Gasteiger partial charge on any atom is -0.462 e. The standard InChI is InChI=1S/C50H89NO5/c1-4-7-10-13-16-19-21-23-24-26-27-30-32-35-38-41-46(56-50(55)43-40-37-34-31-28-25-22-20-17-14-11-8-5-2)44-49(54)51-47(45-52)48(53)42-39-36-33-29-18-15-12-9-6-3/h16,19,23-25,27-28,30,34,37,46-48,52-53H,4-15,17-18,20-22,26,29,31-33,35-36,38-45H2,1-3H3,(H,51,54)/b19-16-,24-23-,28-25-,30-27-,37-34+. The number of aliphatic hydroxyl groups excluding tert-OH is 2. The molecule has 1 amide bonds. The molecule has 324 valence electrons. The van der Waals surface area contributed by atoms with Crippen molar-refractivity contribution >= 4 is 11.9 Å². The van der Waals surface area contributed by atoms with E-state index in [4.69, 9.17) is 4.74 Å². The van der Waals surface area contributed by atoms with Crippen molar-refractivity contribution in [2.75, 3.05) is 6.61 Å². The quantitative estimate of drug-likeness (QED) is 0.0326. The minimum absolute atomic E-state index is 0.0277. The van der Waals surface area contributed by atoms with Crippen molar-refractivity contribution in [2.45, 2.75) is 238 Å². The summed E-state index contributed by atoms with van der Waals surface area (Å²) in [5, 5.41) is 23.6. The van der Waals surface area contributed by atoms with Gasteiger partial charge in [-0.25, -0.2) is 0 Å². The second-order valence-corrected chi connectivity index (χ2v) is 15.8. The fourth-order valence-corrected chi connectivity index (χ4v) is 6.72. The first-order valence-corrected chi connectivity index (χ1v) is 23.5. The van der Waals surface area contributed by atoms with Crippen molar-refractivity contribution in [3.8, 4) is 0 Å². The van der Waals surface area contributed by atoms with Gasteiger partial charge in [0.05, 0.1) is 25.2 Å². The molecule has 0 aliphatic carbocycles. The van der Waals surface area contributed by atoms with E-state index in [1.54, 1.807) is 0 Å². The fraction of sp³-hybridized carbons (Fsp3) is 0.760. The monoisotopic (exact) mass is 784 g/mol. The Labute approximate surface area is 346 Å². The molecule has 3 unspecified atom stereocenters. The van der Waals surface area contributed by atoms with Crippen LogP contribution in [0.4, 0.5) is 0 Å². The largest absolute Gasteiger partial charge is 0.462 e. The van der Waals surface area contributed by atoms with E-state index in [0.717, 1.165) is 64.2 Å². The first-order valence-electron chi connectivity index (χ1n) is 23.5. The lowest BCUT2D eigenvalue weighted by atomic mass is 10.0. The predicted octanol–water partition coefficient (Wildman–Crippen LogP) is 13.7. The van der Waals surface area contributed by atoms with Crippen LogP contribution in [0.3, 0.4) is 0 Å². The molecule has 6 heteroatoms. The van der Waals surface area contributed by atoms with Crippen LogP contribution in [0.5, 0.6) is 0 Å². The molecule has 0 fully saturated rings. The second-order valence-electron chi connectivity index (χ2n) is 15.8. The van der Waals surface area contributed by atoms with Crippen molar-refractivity contribution in [1.82, 2.24) is 5.32 Å². The highest BCUT2D eigenvalue weighted by Crippen LogP contribution is 2.16. The van der Waals surface area contributed by atoms with E-state index >= 15 is 0 Å². The van der Waals surface area contributed by atoms with Gasteiger partial charge in [-0.2, -0.15) is 0 Å². The number of carbonyl (C=O) groups is 2. The number of rotatable bonds is 41. The van der Waals surface area contributed by atoms with Crippen LogP contribution in [0, 0.1) is 0 Å². The number of allylic oxidation sites excluding steroid dienone is 10. The molecule has 3 N–H and O–H groups in total. The summed E-state index contributed by atoms with van der Waals surface area (Å²) in [7, 11) is 0. The normalized spacial score (nSPS) is 13.9. The number of esters is 1. The highest BCUT2D eigenvalue weighted by molar-refractivity contribution is 5.77. The molecule has 6 nitrogen and oxygen atoms in total. The highest BCUT2D eigenvalue weighted by atomic mass is 16.5. The molecule has 0 aromatic rings. The maximum absolute atomic E-state index is 13.1. The molecule has 0 rings (SSSR count). The van der Waals surface area contributed by atoms with Gasteiger partial charge in [-0.1, -0.05) is 184 Å². The summed E-state index contributed by atoms with van der Waals surface area (Å²) in [5.74, 6) is -0.597. The third-order valence-electron chi connectivity index (χ3n) is 10.3. The molecule has 3 atom stereocenters. The summed E-state index contributed by atoms with van der Waals surface area (Å²) < 4.78 is 5.85. The van der Waals surface area contributed by atoms with Gasteiger partial charge in [-0.05, 0) is 83.5 Å². The molecule has 0 aliphatic rings. The number of unbranched alkanes of at least 4 members (excludes halogenated alkanes) is 19. The molecule has 0 radical (unpaired) electrons. The molecular weight excluding hydrogens is 695 g/mol. The average Bonchev–Trinajstić information content (AvgIpc) is 3.19. The van der Waals surface area contributed by atoms with Gasteiger partial charge in [-0.3, -0.25) is 9.59 Å². The van der Waals surface area contributed by atoms with Gasteiger partial charge >= 0.3 is 5.97 Å². The smallest absolute Gasteiger partial charge is 0.306 e. The SMILES string of the molecule is CCCCC/C=C\C/C=C\C/C=C\CCCCC(CC(=O)NC(CO)C(O)CCCCCCCCCCC)OC(=O)CC/C=C/C/C=C\CCCCCCCC. The highest BCUT2D eigenvalue weighted by Gasteiger charge is 2.23. The van der Waals surface area contributed by atoms with Crippen LogP contribution >= 0.6 is 0 Å². The van der Waals surface area contributed by atoms with Crippen molar-refractivity contribution in [2.24, 2.45) is 0 Å². The summed E-state index contributed by atoms with van der Waals surface area (Å²) in [6, 6.07) is -0.723. The Bertz CT molecular complexity index is 1010. The van der Waals surface area contributed by atoms with E-state index in [1.807, 2.05) is 6.08 Å². The lowest BCUT2D eigenvalue weighted by molar-refractivity contribution is -0.150. The number of hydrogen-bond donors (Lipinski definition) is 3. The molecule has 0 aromatic carbocycles. The summed E-state index contributed by atoms with van der Waals surface area (Å²) >= 11 is 0. The second kappa shape index (κ2) is 43.7. The van der Waals surface area contributed by atoms with Crippen molar-refractivity contribution in [3.05, 3.63) is 60.8 Å². The van der Waals surface area contributed by atoms with E-state index in [1.165, 1.54) is 103 Å². The first-order chi connectivity index (χ1) is 27.5. The van der Waals surface area contributed by atoms with Gasteiger partial charge in [0.25, 0.3) is 0 Å². The lowest BCUT2D eigenvalue weighted by Gasteiger charge is -2.24. The molecule has 0 saturated heterocycles. The number of hydrogen-bond acceptors (Lipinski definition) is 5. The van der Waals surface area contributed by atoms with Crippen LogP contribution < -0.4 is 5.32 Å². The first kappa shape index (κ1) is 53.6. The molecule has 0 heterocycles. The Morgan fingerprint density at radius 2 is 0.911 bits per heavy atom. The molecule has 0 spiro atoms. The number of carbonyl (C=O) groups excluding carboxylic acids is 2. The third kappa shape index (κ3) is 38.4. The van der Waals surface area contributed by atoms with E-state index in [9.17, 15) is 19.8 Å². The van der Waals surface area contributed by atoms with Crippen LogP contribution in [0.2, 0.25) is 0 Å². The topological polar surface area (TPSA) is 95.9 Å². The predicted molar refractivity (Wildman–Crippen MR) is 241 cm³/mol. The summed E-state index contributed by atoms with van der Waals surface area (Å²) in [6.45, 7) is 6.38. The van der Waals surface area contributed by atoms with Crippen molar-refractivity contribution < 1.29 is 24.5 Å². The van der Waals surface area contributed by atoms with E-state index in [-0.39, 0.29) is 31.3 Å². The Morgan fingerprint density at radius 1 is 0.518 bits per heavy atom. The number of aliphatic hydroxyl groups is 2. The van der Waals surface area contributed by atoms with Crippen molar-refractivity contribution in [1.29, 1.82) is 0 Å². The summed E-state index contributed by atoms with van der Waals surface area (Å²) in [5.41, 5.74) is 0. The van der Waals surface area contributed by atoms with E-state index < -0.39 is 18.2 Å². The minimum atomic E-state index is -0.805. The maximum atomic E-state index is 13.1. The molecule has 0 saturated carbocycles. The van der Waals surface area contributed by atoms with E-state index in [0.29, 0.717) is 19.3 Å². The van der Waals surface area contributed by atoms with Crippen LogP contribution in [0.1, 0.15) is 220 Å². The van der Waals surface area contributed by atoms with Gasteiger partial charge in [0.2, 0.25) is 5.91 Å². The Morgan fingerprint density at radius 3 is 1.43 bits per heavy atom. The van der Waals surface area contributed by atoms with E-state index in [2.05, 4.69) is 80.8 Å². The molecule has 56 heavy (non-hydrogen) atoms. The van der Waals surface area contributed by atoms with Gasteiger partial charge in [-0.15, -0.1) is 0 Å². The van der Waals surface area contributed by atoms with Gasteiger partial charge in [0.1, 0.15) is 6.10 Å². The zero-order valence-corrected chi connectivity index (χ0v) is 36.8. The molecule has 0 aliphatic heterocycles. The zero-order chi connectivity index (χ0) is 41.0. The van der Waals surface area contributed by atoms with Crippen LogP contribution in [-0.2, 0) is 14.3 Å². The molecule has 0 aromatic heterocycles. The van der Waals surface area contributed by atoms with Crippen LogP contribution in [0.25, 0.3) is 0 Å². The Kier molecular flexibility index (Phi) is 41.8. The Balaban J connectivity index is 4.77. The fourth-order valence-electron chi connectivity index (χ4n) is 6.72. The number of ether oxygens (including phenoxy) is 1. The van der Waals surface area contributed by atoms with Gasteiger partial charge < -0.3 is 20.3 Å². The number of nitrogens with one attached hydrogen (secondary N) is 1. The number of amides is 1. The Hall–Kier alpha value is -2.44.